The van der Waals surface area contributed by atoms with E-state index in [1.807, 2.05) is 0 Å². The van der Waals surface area contributed by atoms with Crippen molar-refractivity contribution in [1.29, 1.82) is 0 Å². The van der Waals surface area contributed by atoms with Gasteiger partial charge in [0.1, 0.15) is 4.90 Å². The van der Waals surface area contributed by atoms with Crippen molar-refractivity contribution in [3.8, 4) is 0 Å². The zero-order valence-corrected chi connectivity index (χ0v) is 12.1. The molecule has 0 aliphatic rings. The number of sulfonamides is 1. The topological polar surface area (TPSA) is 92.4 Å². The second kappa shape index (κ2) is 5.96. The first-order chi connectivity index (χ1) is 8.27. The number of aliphatic hydroxyl groups excluding tert-OH is 1. The van der Waals surface area contributed by atoms with Crippen molar-refractivity contribution >= 4 is 31.6 Å². The first-order valence-electron chi connectivity index (χ1n) is 5.15. The standard InChI is InChI=1S/C10H14BrFN2O3S/c1-6(2-3-15)14-18(16,17)9-5-7(13)4-8(11)10(9)12/h4-6,14-15H,2-3,13H2,1H3. The highest BCUT2D eigenvalue weighted by atomic mass is 79.9. The fourth-order valence-corrected chi connectivity index (χ4v) is 3.38. The molecule has 0 amide bonds. The van der Waals surface area contributed by atoms with Crippen molar-refractivity contribution in [1.82, 2.24) is 4.72 Å². The normalized spacial score (nSPS) is 13.6. The lowest BCUT2D eigenvalue weighted by Crippen LogP contribution is -2.33. The van der Waals surface area contributed by atoms with Gasteiger partial charge in [0.05, 0.1) is 4.47 Å². The molecule has 4 N–H and O–H groups in total. The number of benzene rings is 1. The number of halogens is 2. The molecule has 0 bridgehead atoms. The van der Waals surface area contributed by atoms with E-state index in [4.69, 9.17) is 10.8 Å². The second-order valence-corrected chi connectivity index (χ2v) is 6.39. The molecule has 0 aliphatic heterocycles. The first-order valence-corrected chi connectivity index (χ1v) is 7.43. The van der Waals surface area contributed by atoms with Gasteiger partial charge in [0.15, 0.2) is 5.82 Å². The summed E-state index contributed by atoms with van der Waals surface area (Å²) in [6.07, 6.45) is 0.240. The summed E-state index contributed by atoms with van der Waals surface area (Å²) in [4.78, 5) is -0.515. The van der Waals surface area contributed by atoms with Gasteiger partial charge in [-0.25, -0.2) is 17.5 Å². The molecule has 1 unspecified atom stereocenters. The Kier molecular flexibility index (Phi) is 5.09. The summed E-state index contributed by atoms with van der Waals surface area (Å²) in [6, 6.07) is 1.83. The molecule has 5 nitrogen and oxygen atoms in total. The van der Waals surface area contributed by atoms with E-state index in [9.17, 15) is 12.8 Å². The monoisotopic (exact) mass is 340 g/mol. The minimum atomic E-state index is -4.00. The summed E-state index contributed by atoms with van der Waals surface area (Å²) in [6.45, 7) is 1.42. The van der Waals surface area contributed by atoms with Gasteiger partial charge in [0.2, 0.25) is 10.0 Å². The van der Waals surface area contributed by atoms with E-state index >= 15 is 0 Å². The summed E-state index contributed by atoms with van der Waals surface area (Å²) in [5.41, 5.74) is 5.62. The Morgan fingerprint density at radius 2 is 2.17 bits per heavy atom. The van der Waals surface area contributed by atoms with Crippen LogP contribution < -0.4 is 10.5 Å². The van der Waals surface area contributed by atoms with Crippen molar-refractivity contribution in [3.05, 3.63) is 22.4 Å². The zero-order valence-electron chi connectivity index (χ0n) is 9.65. The number of nitrogen functional groups attached to an aromatic ring is 1. The maximum absolute atomic E-state index is 13.7. The molecule has 0 aromatic heterocycles. The number of hydrogen-bond donors (Lipinski definition) is 3. The van der Waals surface area contributed by atoms with Gasteiger partial charge in [0.25, 0.3) is 0 Å². The average molecular weight is 341 g/mol. The van der Waals surface area contributed by atoms with E-state index in [1.165, 1.54) is 6.07 Å². The van der Waals surface area contributed by atoms with Gasteiger partial charge in [-0.2, -0.15) is 0 Å². The Morgan fingerprint density at radius 3 is 2.72 bits per heavy atom. The SMILES string of the molecule is CC(CCO)NS(=O)(=O)c1cc(N)cc(Br)c1F. The van der Waals surface area contributed by atoms with Crippen LogP contribution in [0.25, 0.3) is 0 Å². The third-order valence-corrected chi connectivity index (χ3v) is 4.39. The van der Waals surface area contributed by atoms with Gasteiger partial charge >= 0.3 is 0 Å². The Bertz CT molecular complexity index is 536. The third kappa shape index (κ3) is 3.64. The van der Waals surface area contributed by atoms with E-state index in [2.05, 4.69) is 20.7 Å². The Hall–Kier alpha value is -0.700. The summed E-state index contributed by atoms with van der Waals surface area (Å²) in [5.74, 6) is -0.895. The molecule has 0 aliphatic carbocycles. The lowest BCUT2D eigenvalue weighted by Gasteiger charge is -2.14. The van der Waals surface area contributed by atoms with Gasteiger partial charge in [-0.05, 0) is 41.4 Å². The predicted molar refractivity (Wildman–Crippen MR) is 70.0 cm³/mol. The summed E-state index contributed by atoms with van der Waals surface area (Å²) >= 11 is 2.90. The molecular weight excluding hydrogens is 327 g/mol. The minimum Gasteiger partial charge on any atom is -0.399 e. The van der Waals surface area contributed by atoms with Crippen LogP contribution in [0.15, 0.2) is 21.5 Å². The molecule has 8 heteroatoms. The second-order valence-electron chi connectivity index (χ2n) is 3.85. The molecular formula is C10H14BrFN2O3S. The van der Waals surface area contributed by atoms with Gasteiger partial charge in [-0.3, -0.25) is 0 Å². The molecule has 102 valence electrons. The number of nitrogens with two attached hydrogens (primary N) is 1. The van der Waals surface area contributed by atoms with Crippen molar-refractivity contribution in [2.24, 2.45) is 0 Å². The van der Waals surface area contributed by atoms with E-state index in [1.54, 1.807) is 6.92 Å². The van der Waals surface area contributed by atoms with Crippen LogP contribution in [0.2, 0.25) is 0 Å². The van der Waals surface area contributed by atoms with Gasteiger partial charge < -0.3 is 10.8 Å². The molecule has 1 rings (SSSR count). The molecule has 0 saturated heterocycles. The first kappa shape index (κ1) is 15.4. The number of aliphatic hydroxyl groups is 1. The Balaban J connectivity index is 3.13. The fourth-order valence-electron chi connectivity index (χ4n) is 1.36. The average Bonchev–Trinajstić information content (AvgIpc) is 2.22. The van der Waals surface area contributed by atoms with Crippen LogP contribution in [-0.2, 0) is 10.0 Å². The van der Waals surface area contributed by atoms with Crippen LogP contribution in [0.4, 0.5) is 10.1 Å². The van der Waals surface area contributed by atoms with Crippen molar-refractivity contribution in [3.63, 3.8) is 0 Å². The van der Waals surface area contributed by atoms with Crippen LogP contribution >= 0.6 is 15.9 Å². The highest BCUT2D eigenvalue weighted by Crippen LogP contribution is 2.26. The highest BCUT2D eigenvalue weighted by Gasteiger charge is 2.23. The fraction of sp³-hybridized carbons (Fsp3) is 0.400. The van der Waals surface area contributed by atoms with Crippen molar-refractivity contribution in [2.75, 3.05) is 12.3 Å². The summed E-state index contributed by atoms with van der Waals surface area (Å²) < 4.78 is 39.9. The molecule has 1 aromatic rings. The smallest absolute Gasteiger partial charge is 0.243 e. The molecule has 18 heavy (non-hydrogen) atoms. The molecule has 1 aromatic carbocycles. The van der Waals surface area contributed by atoms with Crippen LogP contribution in [0.5, 0.6) is 0 Å². The van der Waals surface area contributed by atoms with E-state index in [0.717, 1.165) is 6.07 Å². The van der Waals surface area contributed by atoms with Gasteiger partial charge in [-0.1, -0.05) is 0 Å². The summed E-state index contributed by atoms with van der Waals surface area (Å²) in [7, 11) is -4.00. The minimum absolute atomic E-state index is 0.0160. The van der Waals surface area contributed by atoms with E-state index in [0.29, 0.717) is 0 Å². The lowest BCUT2D eigenvalue weighted by molar-refractivity contribution is 0.275. The van der Waals surface area contributed by atoms with Crippen molar-refractivity contribution in [2.45, 2.75) is 24.3 Å². The van der Waals surface area contributed by atoms with Gasteiger partial charge in [0, 0.05) is 18.3 Å². The maximum atomic E-state index is 13.7. The third-order valence-electron chi connectivity index (χ3n) is 2.23. The molecule has 0 radical (unpaired) electrons. The number of anilines is 1. The highest BCUT2D eigenvalue weighted by molar-refractivity contribution is 9.10. The Morgan fingerprint density at radius 1 is 1.56 bits per heavy atom. The number of hydrogen-bond acceptors (Lipinski definition) is 4. The Labute approximate surface area is 113 Å². The van der Waals surface area contributed by atoms with Crippen LogP contribution in [0.1, 0.15) is 13.3 Å². The largest absolute Gasteiger partial charge is 0.399 e. The molecule has 1 atom stereocenters. The molecule has 0 spiro atoms. The lowest BCUT2D eigenvalue weighted by atomic mass is 10.3. The molecule has 0 saturated carbocycles. The van der Waals surface area contributed by atoms with E-state index in [-0.39, 0.29) is 23.2 Å². The van der Waals surface area contributed by atoms with E-state index < -0.39 is 26.8 Å². The number of nitrogens with one attached hydrogen (secondary N) is 1. The molecule has 0 fully saturated rings. The number of rotatable bonds is 5. The van der Waals surface area contributed by atoms with Crippen molar-refractivity contribution < 1.29 is 17.9 Å². The van der Waals surface area contributed by atoms with Crippen LogP contribution in [0, 0.1) is 5.82 Å². The zero-order chi connectivity index (χ0) is 13.9. The summed E-state index contributed by atoms with van der Waals surface area (Å²) in [5, 5.41) is 8.71. The van der Waals surface area contributed by atoms with Crippen LogP contribution in [-0.4, -0.2) is 26.2 Å². The maximum Gasteiger partial charge on any atom is 0.243 e. The van der Waals surface area contributed by atoms with Crippen LogP contribution in [0.3, 0.4) is 0 Å². The van der Waals surface area contributed by atoms with Gasteiger partial charge in [-0.15, -0.1) is 0 Å². The quantitative estimate of drug-likeness (QED) is 0.702. The molecule has 0 heterocycles. The predicted octanol–water partition coefficient (Wildman–Crippen LogP) is 1.22.